The lowest BCUT2D eigenvalue weighted by atomic mass is 9.77. The molecule has 0 N–H and O–H groups in total. The minimum Gasteiger partial charge on any atom is -0.455 e. The van der Waals surface area contributed by atoms with Crippen LogP contribution in [-0.4, -0.2) is 38.6 Å². The van der Waals surface area contributed by atoms with Gasteiger partial charge >= 0.3 is 5.97 Å². The topological polar surface area (TPSA) is 76.3 Å². The van der Waals surface area contributed by atoms with Gasteiger partial charge in [-0.25, -0.2) is 18.8 Å². The Morgan fingerprint density at radius 2 is 1.82 bits per heavy atom. The highest BCUT2D eigenvalue weighted by Crippen LogP contribution is 2.44. The zero-order valence-electron chi connectivity index (χ0n) is 20.8. The maximum Gasteiger partial charge on any atom is 0.312 e. The molecule has 2 atom stereocenters. The summed E-state index contributed by atoms with van der Waals surface area (Å²) in [4.78, 5) is 31.0. The highest BCUT2D eigenvalue weighted by molar-refractivity contribution is 7.15. The third-order valence-electron chi connectivity index (χ3n) is 7.00. The molecule has 0 radical (unpaired) electrons. The summed E-state index contributed by atoms with van der Waals surface area (Å²) in [7, 11) is 0. The van der Waals surface area contributed by atoms with E-state index < -0.39 is 24.5 Å². The fraction of sp³-hybridized carbons (Fsp3) is 0.241. The molecule has 1 aliphatic carbocycles. The molecule has 2 aliphatic rings. The second kappa shape index (κ2) is 10.5. The highest BCUT2D eigenvalue weighted by Gasteiger charge is 2.43. The summed E-state index contributed by atoms with van der Waals surface area (Å²) in [5.74, 6) is -1.81. The minimum atomic E-state index is -0.561. The number of allylic oxidation sites excluding steroid dienone is 1. The maximum atomic E-state index is 13.7. The van der Waals surface area contributed by atoms with E-state index in [0.717, 1.165) is 46.6 Å². The Morgan fingerprint density at radius 3 is 2.56 bits per heavy atom. The van der Waals surface area contributed by atoms with Crippen LogP contribution in [0.2, 0.25) is 0 Å². The number of aromatic nitrogens is 2. The van der Waals surface area contributed by atoms with Crippen LogP contribution >= 0.6 is 11.3 Å². The number of fused-ring (bicyclic) bond motifs is 2. The Kier molecular flexibility index (Phi) is 6.78. The summed E-state index contributed by atoms with van der Waals surface area (Å²) in [5.41, 5.74) is 3.90. The second-order valence-corrected chi connectivity index (χ2v) is 10.5. The van der Waals surface area contributed by atoms with Crippen molar-refractivity contribution in [1.82, 2.24) is 14.4 Å². The van der Waals surface area contributed by atoms with Gasteiger partial charge in [0, 0.05) is 23.7 Å². The van der Waals surface area contributed by atoms with E-state index in [2.05, 4.69) is 4.98 Å². The fourth-order valence-electron chi connectivity index (χ4n) is 5.23. The van der Waals surface area contributed by atoms with Crippen molar-refractivity contribution in [3.63, 3.8) is 0 Å². The largest absolute Gasteiger partial charge is 0.455 e. The van der Waals surface area contributed by atoms with Crippen molar-refractivity contribution >= 4 is 40.0 Å². The monoisotopic (exact) mass is 546 g/mol. The van der Waals surface area contributed by atoms with Crippen LogP contribution in [-0.2, 0) is 20.7 Å². The van der Waals surface area contributed by atoms with Crippen LogP contribution in [0, 0.1) is 17.6 Å². The standard InChI is InChI=1S/C29H24F2N4O3S/c30-21-8-4-18(5-9-21)14-20-2-1-3-24-27(20)33-35(28(24)19-6-10-22(31)11-7-19)25(36)17-38-26(37)15-23-16-34-12-13-39-29(34)32-23/h4-14,16,24,28H,1-3,15,17H2/b20-14-/t24-,28+/m0/s1. The lowest BCUT2D eigenvalue weighted by Crippen LogP contribution is -2.34. The van der Waals surface area contributed by atoms with Crippen LogP contribution in [0.1, 0.15) is 42.1 Å². The molecule has 3 heterocycles. The molecule has 2 aromatic heterocycles. The van der Waals surface area contributed by atoms with Gasteiger partial charge in [-0.2, -0.15) is 5.10 Å². The third-order valence-corrected chi connectivity index (χ3v) is 7.78. The summed E-state index contributed by atoms with van der Waals surface area (Å²) in [6.45, 7) is -0.473. The first-order valence-corrected chi connectivity index (χ1v) is 13.5. The van der Waals surface area contributed by atoms with Gasteiger partial charge in [-0.1, -0.05) is 24.3 Å². The fourth-order valence-corrected chi connectivity index (χ4v) is 5.95. The summed E-state index contributed by atoms with van der Waals surface area (Å²) >= 11 is 1.46. The molecule has 198 valence electrons. The van der Waals surface area contributed by atoms with E-state index in [1.165, 1.54) is 40.6 Å². The molecule has 10 heteroatoms. The van der Waals surface area contributed by atoms with Crippen molar-refractivity contribution in [3.8, 4) is 0 Å². The normalized spacial score (nSPS) is 19.8. The van der Waals surface area contributed by atoms with Crippen LogP contribution in [0.3, 0.4) is 0 Å². The molecule has 7 nitrogen and oxygen atoms in total. The van der Waals surface area contributed by atoms with Crippen molar-refractivity contribution in [3.05, 3.63) is 100 Å². The Morgan fingerprint density at radius 1 is 1.08 bits per heavy atom. The van der Waals surface area contributed by atoms with E-state index >= 15 is 0 Å². The van der Waals surface area contributed by atoms with E-state index in [4.69, 9.17) is 9.84 Å². The van der Waals surface area contributed by atoms with Gasteiger partial charge in [0.15, 0.2) is 11.6 Å². The smallest absolute Gasteiger partial charge is 0.312 e. The number of halogens is 2. The van der Waals surface area contributed by atoms with Crippen molar-refractivity contribution in [1.29, 1.82) is 0 Å². The van der Waals surface area contributed by atoms with Crippen LogP contribution in [0.25, 0.3) is 11.0 Å². The predicted octanol–water partition coefficient (Wildman–Crippen LogP) is 5.58. The third kappa shape index (κ3) is 5.24. The number of imidazole rings is 1. The molecule has 39 heavy (non-hydrogen) atoms. The number of hydrazone groups is 1. The number of benzene rings is 2. The second-order valence-electron chi connectivity index (χ2n) is 9.60. The van der Waals surface area contributed by atoms with Gasteiger partial charge in [-0.15, -0.1) is 11.3 Å². The molecule has 4 aromatic rings. The number of carbonyl (C=O) groups is 2. The van der Waals surface area contributed by atoms with Crippen LogP contribution in [0.5, 0.6) is 0 Å². The number of hydrogen-bond acceptors (Lipinski definition) is 6. The first-order chi connectivity index (χ1) is 18.9. The van der Waals surface area contributed by atoms with Crippen LogP contribution in [0.4, 0.5) is 8.78 Å². The van der Waals surface area contributed by atoms with Gasteiger partial charge < -0.3 is 4.74 Å². The number of rotatable bonds is 6. The van der Waals surface area contributed by atoms with Gasteiger partial charge in [0.2, 0.25) is 0 Å². The van der Waals surface area contributed by atoms with Crippen molar-refractivity contribution in [2.24, 2.45) is 11.0 Å². The summed E-state index contributed by atoms with van der Waals surface area (Å²) in [6.07, 6.45) is 7.97. The average molecular weight is 547 g/mol. The van der Waals surface area contributed by atoms with E-state index in [-0.39, 0.29) is 24.0 Å². The number of nitrogens with zero attached hydrogens (tertiary/aromatic N) is 4. The zero-order valence-corrected chi connectivity index (χ0v) is 21.6. The van der Waals surface area contributed by atoms with Crippen LogP contribution in [0.15, 0.2) is 77.0 Å². The molecule has 2 aromatic carbocycles. The van der Waals surface area contributed by atoms with Gasteiger partial charge in [-0.05, 0) is 66.3 Å². The molecular weight excluding hydrogens is 522 g/mol. The Balaban J connectivity index is 1.23. The van der Waals surface area contributed by atoms with Crippen molar-refractivity contribution < 1.29 is 23.1 Å². The molecule has 6 rings (SSSR count). The van der Waals surface area contributed by atoms with Crippen LogP contribution < -0.4 is 0 Å². The molecule has 0 saturated heterocycles. The minimum absolute atomic E-state index is 0.0508. The molecule has 0 bridgehead atoms. The van der Waals surface area contributed by atoms with E-state index in [9.17, 15) is 18.4 Å². The maximum absolute atomic E-state index is 13.7. The van der Waals surface area contributed by atoms with E-state index in [1.54, 1.807) is 30.5 Å². The number of hydrogen-bond donors (Lipinski definition) is 0. The molecule has 0 unspecified atom stereocenters. The zero-order chi connectivity index (χ0) is 26.9. The molecule has 1 aliphatic heterocycles. The van der Waals surface area contributed by atoms with Gasteiger partial charge in [-0.3, -0.25) is 14.0 Å². The Labute approximate surface area is 227 Å². The molecule has 1 amide bonds. The van der Waals surface area contributed by atoms with Crippen molar-refractivity contribution in [2.75, 3.05) is 6.61 Å². The number of amides is 1. The average Bonchev–Trinajstić information content (AvgIpc) is 3.63. The first kappa shape index (κ1) is 25.1. The molecule has 1 saturated carbocycles. The Hall–Kier alpha value is -4.18. The number of carbonyl (C=O) groups excluding carboxylic acids is 2. The Bertz CT molecular complexity index is 1560. The van der Waals surface area contributed by atoms with Gasteiger partial charge in [0.25, 0.3) is 5.91 Å². The number of thiazole rings is 1. The number of ether oxygens (including phenoxy) is 1. The molecule has 0 spiro atoms. The number of esters is 1. The SMILES string of the molecule is O=C(Cc1cn2ccsc2n1)OCC(=O)N1N=C2/C(=C\c3ccc(F)cc3)CCC[C@@H]2[C@H]1c1ccc(F)cc1. The quantitative estimate of drug-likeness (QED) is 0.296. The first-order valence-electron chi connectivity index (χ1n) is 12.6. The lowest BCUT2D eigenvalue weighted by molar-refractivity contribution is -0.152. The summed E-state index contributed by atoms with van der Waals surface area (Å²) in [6, 6.07) is 11.8. The van der Waals surface area contributed by atoms with E-state index in [0.29, 0.717) is 5.69 Å². The summed E-state index contributed by atoms with van der Waals surface area (Å²) < 4.78 is 34.3. The van der Waals surface area contributed by atoms with Crippen molar-refractivity contribution in [2.45, 2.75) is 31.7 Å². The van der Waals surface area contributed by atoms with Gasteiger partial charge in [0.05, 0.1) is 23.9 Å². The summed E-state index contributed by atoms with van der Waals surface area (Å²) in [5, 5.41) is 8.00. The highest BCUT2D eigenvalue weighted by atomic mass is 32.1. The lowest BCUT2D eigenvalue weighted by Gasteiger charge is -2.29. The van der Waals surface area contributed by atoms with Gasteiger partial charge in [0.1, 0.15) is 11.6 Å². The molecular formula is C29H24F2N4O3S. The predicted molar refractivity (Wildman–Crippen MR) is 143 cm³/mol. The van der Waals surface area contributed by atoms with E-state index in [1.807, 2.05) is 22.1 Å². The molecule has 1 fully saturated rings.